The highest BCUT2D eigenvalue weighted by Gasteiger charge is 2.19. The zero-order chi connectivity index (χ0) is 24.9. The molecule has 9 heteroatoms. The lowest BCUT2D eigenvalue weighted by Gasteiger charge is -2.20. The van der Waals surface area contributed by atoms with Crippen LogP contribution in [0.3, 0.4) is 0 Å². The first-order valence-electron chi connectivity index (χ1n) is 11.6. The van der Waals surface area contributed by atoms with Crippen LogP contribution < -0.4 is 15.0 Å². The second kappa shape index (κ2) is 10.8. The van der Waals surface area contributed by atoms with Crippen molar-refractivity contribution < 1.29 is 13.5 Å². The molecule has 0 aliphatic heterocycles. The molecule has 4 aromatic rings. The monoisotopic (exact) mass is 480 g/mol. The van der Waals surface area contributed by atoms with Crippen LogP contribution in [0.25, 0.3) is 16.6 Å². The summed E-state index contributed by atoms with van der Waals surface area (Å²) in [5, 5.41) is 17.2. The van der Waals surface area contributed by atoms with Crippen LogP contribution in [-0.2, 0) is 0 Å². The highest BCUT2D eigenvalue weighted by atomic mass is 19.3. The number of anilines is 1. The zero-order valence-electron chi connectivity index (χ0n) is 20.4. The standard InChI is InChI=1S/C26H30F2N6O/c1-17-24-18(2)34(32-25(24)26(31-30-17)33(3)4)20-11-8-12-21(15-20)35-22(13-14-29-16-23(27)28)19-9-6-5-7-10-19/h5-12,15,22-23,29H,13-14,16H2,1-4H3. The first-order chi connectivity index (χ1) is 16.8. The minimum atomic E-state index is -2.38. The molecule has 0 spiro atoms. The van der Waals surface area contributed by atoms with Gasteiger partial charge < -0.3 is 15.0 Å². The summed E-state index contributed by atoms with van der Waals surface area (Å²) in [6.07, 6.45) is -2.11. The maximum absolute atomic E-state index is 12.5. The van der Waals surface area contributed by atoms with Crippen molar-refractivity contribution in [2.75, 3.05) is 32.1 Å². The maximum atomic E-state index is 12.5. The van der Waals surface area contributed by atoms with Gasteiger partial charge in [0.1, 0.15) is 17.4 Å². The molecule has 7 nitrogen and oxygen atoms in total. The van der Waals surface area contributed by atoms with Gasteiger partial charge in [0, 0.05) is 26.6 Å². The molecule has 35 heavy (non-hydrogen) atoms. The van der Waals surface area contributed by atoms with Gasteiger partial charge in [-0.3, -0.25) is 0 Å². The van der Waals surface area contributed by atoms with Crippen LogP contribution in [0, 0.1) is 13.8 Å². The lowest BCUT2D eigenvalue weighted by Crippen LogP contribution is -2.24. The van der Waals surface area contributed by atoms with E-state index in [9.17, 15) is 8.78 Å². The molecule has 0 amide bonds. The second-order valence-electron chi connectivity index (χ2n) is 8.62. The van der Waals surface area contributed by atoms with E-state index in [1.54, 1.807) is 0 Å². The summed E-state index contributed by atoms with van der Waals surface area (Å²) in [5.41, 5.74) is 4.41. The number of alkyl halides is 2. The highest BCUT2D eigenvalue weighted by molar-refractivity contribution is 5.92. The van der Waals surface area contributed by atoms with Gasteiger partial charge in [-0.1, -0.05) is 36.4 Å². The van der Waals surface area contributed by atoms with Gasteiger partial charge in [0.2, 0.25) is 0 Å². The van der Waals surface area contributed by atoms with Crippen molar-refractivity contribution in [1.82, 2.24) is 25.3 Å². The summed E-state index contributed by atoms with van der Waals surface area (Å²) in [6, 6.07) is 17.5. The van der Waals surface area contributed by atoms with Gasteiger partial charge in [0.05, 0.1) is 29.0 Å². The average molecular weight is 481 g/mol. The Labute approximate surface area is 203 Å². The molecule has 0 saturated carbocycles. The van der Waals surface area contributed by atoms with Crippen LogP contribution in [-0.4, -0.2) is 53.6 Å². The number of aryl methyl sites for hydroxylation is 2. The largest absolute Gasteiger partial charge is 0.486 e. The van der Waals surface area contributed by atoms with Gasteiger partial charge in [0.15, 0.2) is 5.82 Å². The van der Waals surface area contributed by atoms with Crippen LogP contribution in [0.4, 0.5) is 14.6 Å². The number of hydrogen-bond donors (Lipinski definition) is 1. The van der Waals surface area contributed by atoms with E-state index in [0.717, 1.165) is 33.5 Å². The van der Waals surface area contributed by atoms with Crippen LogP contribution in [0.15, 0.2) is 54.6 Å². The van der Waals surface area contributed by atoms with Crippen molar-refractivity contribution in [3.05, 3.63) is 71.5 Å². The molecule has 0 aliphatic carbocycles. The second-order valence-corrected chi connectivity index (χ2v) is 8.62. The molecule has 0 bridgehead atoms. The van der Waals surface area contributed by atoms with Gasteiger partial charge in [-0.05, 0) is 38.1 Å². The first-order valence-corrected chi connectivity index (χ1v) is 11.6. The van der Waals surface area contributed by atoms with Crippen molar-refractivity contribution in [3.63, 3.8) is 0 Å². The van der Waals surface area contributed by atoms with Crippen LogP contribution >= 0.6 is 0 Å². The third-order valence-corrected chi connectivity index (χ3v) is 5.80. The Morgan fingerprint density at radius 2 is 1.80 bits per heavy atom. The summed E-state index contributed by atoms with van der Waals surface area (Å²) in [6.45, 7) is 4.03. The Morgan fingerprint density at radius 1 is 1.03 bits per heavy atom. The fourth-order valence-electron chi connectivity index (χ4n) is 4.12. The van der Waals surface area contributed by atoms with E-state index in [-0.39, 0.29) is 12.6 Å². The van der Waals surface area contributed by atoms with Crippen LogP contribution in [0.1, 0.15) is 29.5 Å². The molecule has 1 unspecified atom stereocenters. The summed E-state index contributed by atoms with van der Waals surface area (Å²) in [5.74, 6) is 1.38. The molecule has 1 atom stereocenters. The maximum Gasteiger partial charge on any atom is 0.250 e. The summed E-state index contributed by atoms with van der Waals surface area (Å²) < 4.78 is 33.3. The molecule has 1 N–H and O–H groups in total. The Morgan fingerprint density at radius 3 is 2.51 bits per heavy atom. The average Bonchev–Trinajstić information content (AvgIpc) is 3.19. The quantitative estimate of drug-likeness (QED) is 0.327. The van der Waals surface area contributed by atoms with Crippen molar-refractivity contribution in [3.8, 4) is 11.4 Å². The highest BCUT2D eigenvalue weighted by Crippen LogP contribution is 2.30. The molecular weight excluding hydrogens is 450 g/mol. The SMILES string of the molecule is Cc1nnc(N(C)C)c2nn(-c3cccc(OC(CCNCC(F)F)c4ccccc4)c3)c(C)c12. The fraction of sp³-hybridized carbons (Fsp3) is 0.346. The molecule has 2 heterocycles. The minimum Gasteiger partial charge on any atom is -0.486 e. The number of nitrogens with zero attached hydrogens (tertiary/aromatic N) is 5. The Hall–Kier alpha value is -3.59. The summed E-state index contributed by atoms with van der Waals surface area (Å²) in [7, 11) is 3.84. The molecule has 184 valence electrons. The first kappa shape index (κ1) is 24.5. The Kier molecular flexibility index (Phi) is 7.55. The Balaban J connectivity index is 1.64. The molecule has 0 fully saturated rings. The van der Waals surface area contributed by atoms with E-state index >= 15 is 0 Å². The van der Waals surface area contributed by atoms with E-state index in [4.69, 9.17) is 9.84 Å². The normalized spacial score (nSPS) is 12.3. The van der Waals surface area contributed by atoms with E-state index in [1.807, 2.05) is 92.1 Å². The van der Waals surface area contributed by atoms with Crippen LogP contribution in [0.5, 0.6) is 5.75 Å². The molecule has 0 aliphatic rings. The topological polar surface area (TPSA) is 68.1 Å². The number of ether oxygens (including phenoxy) is 1. The third kappa shape index (κ3) is 5.57. The van der Waals surface area contributed by atoms with Gasteiger partial charge in [-0.15, -0.1) is 5.10 Å². The van der Waals surface area contributed by atoms with Crippen molar-refractivity contribution in [2.45, 2.75) is 32.8 Å². The Bertz CT molecular complexity index is 1280. The van der Waals surface area contributed by atoms with Gasteiger partial charge in [-0.25, -0.2) is 13.5 Å². The number of fused-ring (bicyclic) bond motifs is 1. The van der Waals surface area contributed by atoms with E-state index < -0.39 is 6.43 Å². The lowest BCUT2D eigenvalue weighted by atomic mass is 10.1. The van der Waals surface area contributed by atoms with E-state index in [0.29, 0.717) is 24.5 Å². The summed E-state index contributed by atoms with van der Waals surface area (Å²) in [4.78, 5) is 1.90. The lowest BCUT2D eigenvalue weighted by molar-refractivity contribution is 0.141. The number of aromatic nitrogens is 4. The number of hydrogen-bond acceptors (Lipinski definition) is 6. The van der Waals surface area contributed by atoms with Crippen molar-refractivity contribution >= 4 is 16.7 Å². The molecule has 4 rings (SSSR count). The van der Waals surface area contributed by atoms with Gasteiger partial charge in [0.25, 0.3) is 6.43 Å². The molecule has 0 saturated heterocycles. The van der Waals surface area contributed by atoms with Gasteiger partial charge >= 0.3 is 0 Å². The van der Waals surface area contributed by atoms with Crippen LogP contribution in [0.2, 0.25) is 0 Å². The molecule has 2 aromatic heterocycles. The van der Waals surface area contributed by atoms with Crippen molar-refractivity contribution in [1.29, 1.82) is 0 Å². The summed E-state index contributed by atoms with van der Waals surface area (Å²) >= 11 is 0. The van der Waals surface area contributed by atoms with Gasteiger partial charge in [-0.2, -0.15) is 10.2 Å². The number of halogens is 2. The van der Waals surface area contributed by atoms with E-state index in [1.165, 1.54) is 0 Å². The number of benzene rings is 2. The molecule has 0 radical (unpaired) electrons. The molecular formula is C26H30F2N6O. The fourth-order valence-corrected chi connectivity index (χ4v) is 4.12. The predicted octanol–water partition coefficient (Wildman–Crippen LogP) is 4.86. The predicted molar refractivity (Wildman–Crippen MR) is 134 cm³/mol. The third-order valence-electron chi connectivity index (χ3n) is 5.80. The molecule has 2 aromatic carbocycles. The number of rotatable bonds is 10. The van der Waals surface area contributed by atoms with E-state index in [2.05, 4.69) is 15.5 Å². The smallest absolute Gasteiger partial charge is 0.250 e. The van der Waals surface area contributed by atoms with Crippen molar-refractivity contribution in [2.24, 2.45) is 0 Å². The minimum absolute atomic E-state index is 0.287. The zero-order valence-corrected chi connectivity index (χ0v) is 20.4. The number of nitrogens with one attached hydrogen (secondary N) is 1.